The van der Waals surface area contributed by atoms with Gasteiger partial charge in [0.05, 0.1) is 17.3 Å². The number of nitrogens with one attached hydrogen (secondary N) is 1. The first kappa shape index (κ1) is 21.3. The van der Waals surface area contributed by atoms with Gasteiger partial charge in [-0.3, -0.25) is 9.59 Å². The van der Waals surface area contributed by atoms with Gasteiger partial charge in [0.2, 0.25) is 5.91 Å². The van der Waals surface area contributed by atoms with Gasteiger partial charge >= 0.3 is 0 Å². The average Bonchev–Trinajstić information content (AvgIpc) is 2.60. The number of anilines is 2. The molecule has 0 bridgehead atoms. The van der Waals surface area contributed by atoms with E-state index in [2.05, 4.69) is 10.2 Å². The first-order valence-corrected chi connectivity index (χ1v) is 8.69. The van der Waals surface area contributed by atoms with E-state index in [0.29, 0.717) is 11.3 Å². The predicted molar refractivity (Wildman–Crippen MR) is 104 cm³/mol. The molecule has 1 saturated heterocycles. The third-order valence-electron chi connectivity index (χ3n) is 4.79. The molecule has 1 aromatic rings. The predicted octanol–water partition coefficient (Wildman–Crippen LogP) is 2.51. The first-order chi connectivity index (χ1) is 11.4. The van der Waals surface area contributed by atoms with E-state index in [1.165, 1.54) is 6.42 Å². The highest BCUT2D eigenvalue weighted by molar-refractivity contribution is 6.01. The van der Waals surface area contributed by atoms with Crippen LogP contribution in [0.3, 0.4) is 0 Å². The molecule has 0 spiro atoms. The van der Waals surface area contributed by atoms with Crippen LogP contribution >= 0.6 is 12.4 Å². The zero-order valence-electron chi connectivity index (χ0n) is 15.0. The van der Waals surface area contributed by atoms with Crippen molar-refractivity contribution in [2.24, 2.45) is 17.4 Å². The number of rotatable bonds is 6. The fraction of sp³-hybridized carbons (Fsp3) is 0.556. The van der Waals surface area contributed by atoms with E-state index in [1.54, 1.807) is 12.1 Å². The van der Waals surface area contributed by atoms with E-state index in [0.717, 1.165) is 38.0 Å². The number of carbonyl (C=O) groups excluding carboxylic acids is 2. The number of piperidine rings is 1. The van der Waals surface area contributed by atoms with Crippen molar-refractivity contribution < 1.29 is 9.59 Å². The minimum Gasteiger partial charge on any atom is -0.371 e. The smallest absolute Gasteiger partial charge is 0.250 e. The Morgan fingerprint density at radius 1 is 1.24 bits per heavy atom. The van der Waals surface area contributed by atoms with Gasteiger partial charge in [-0.05, 0) is 43.4 Å². The van der Waals surface area contributed by atoms with Gasteiger partial charge in [-0.15, -0.1) is 12.4 Å². The molecule has 0 aliphatic carbocycles. The molecule has 1 fully saturated rings. The summed E-state index contributed by atoms with van der Waals surface area (Å²) in [6, 6.07) is 4.65. The lowest BCUT2D eigenvalue weighted by atomic mass is 9.99. The van der Waals surface area contributed by atoms with Gasteiger partial charge in [0.15, 0.2) is 0 Å². The number of nitrogens with two attached hydrogens (primary N) is 2. The molecule has 0 saturated carbocycles. The highest BCUT2D eigenvalue weighted by atomic mass is 35.5. The van der Waals surface area contributed by atoms with Crippen LogP contribution in [0.5, 0.6) is 0 Å². The third kappa shape index (κ3) is 5.34. The van der Waals surface area contributed by atoms with E-state index in [9.17, 15) is 9.59 Å². The lowest BCUT2D eigenvalue weighted by Crippen LogP contribution is -2.40. The van der Waals surface area contributed by atoms with Crippen molar-refractivity contribution in [1.29, 1.82) is 0 Å². The van der Waals surface area contributed by atoms with Gasteiger partial charge in [0, 0.05) is 18.8 Å². The lowest BCUT2D eigenvalue weighted by molar-refractivity contribution is -0.118. The molecule has 1 aliphatic rings. The van der Waals surface area contributed by atoms with Crippen molar-refractivity contribution >= 4 is 35.6 Å². The summed E-state index contributed by atoms with van der Waals surface area (Å²) in [6.45, 7) is 5.75. The molecular weight excluding hydrogens is 340 g/mol. The molecular formula is C18H29ClN4O2. The highest BCUT2D eigenvalue weighted by Crippen LogP contribution is 2.27. The number of halogens is 1. The monoisotopic (exact) mass is 368 g/mol. The number of primary amides is 1. The van der Waals surface area contributed by atoms with Gasteiger partial charge in [-0.1, -0.05) is 20.3 Å². The van der Waals surface area contributed by atoms with Gasteiger partial charge in [-0.25, -0.2) is 0 Å². The third-order valence-corrected chi connectivity index (χ3v) is 4.79. The SMILES string of the molecule is CCC(C)C(N)C(=O)Nc1ccc(C(N)=O)c(N2CCCCC2)c1.Cl. The number of carbonyl (C=O) groups is 2. The zero-order chi connectivity index (χ0) is 17.7. The van der Waals surface area contributed by atoms with Gasteiger partial charge in [-0.2, -0.15) is 0 Å². The summed E-state index contributed by atoms with van der Waals surface area (Å²) in [7, 11) is 0. The van der Waals surface area contributed by atoms with E-state index < -0.39 is 11.9 Å². The summed E-state index contributed by atoms with van der Waals surface area (Å²) in [5.74, 6) is -0.554. The fourth-order valence-corrected chi connectivity index (χ4v) is 2.95. The van der Waals surface area contributed by atoms with E-state index >= 15 is 0 Å². The first-order valence-electron chi connectivity index (χ1n) is 8.69. The Labute approximate surface area is 155 Å². The minimum absolute atomic E-state index is 0. The van der Waals surface area contributed by atoms with E-state index in [1.807, 2.05) is 19.9 Å². The summed E-state index contributed by atoms with van der Waals surface area (Å²) in [6.07, 6.45) is 4.22. The molecule has 7 heteroatoms. The van der Waals surface area contributed by atoms with Crippen LogP contribution in [0.15, 0.2) is 18.2 Å². The Balaban J connectivity index is 0.00000312. The van der Waals surface area contributed by atoms with Crippen molar-refractivity contribution in [3.05, 3.63) is 23.8 Å². The Morgan fingerprint density at radius 3 is 2.44 bits per heavy atom. The molecule has 6 nitrogen and oxygen atoms in total. The second-order valence-electron chi connectivity index (χ2n) is 6.54. The maximum absolute atomic E-state index is 12.3. The molecule has 140 valence electrons. The van der Waals surface area contributed by atoms with Gasteiger partial charge in [0.25, 0.3) is 5.91 Å². The van der Waals surface area contributed by atoms with E-state index in [-0.39, 0.29) is 24.2 Å². The normalized spacial score (nSPS) is 16.5. The summed E-state index contributed by atoms with van der Waals surface area (Å²) in [5, 5.41) is 2.86. The number of hydrogen-bond donors (Lipinski definition) is 3. The molecule has 1 aromatic carbocycles. The second-order valence-corrected chi connectivity index (χ2v) is 6.54. The van der Waals surface area contributed by atoms with Crippen LogP contribution in [-0.4, -0.2) is 30.9 Å². The number of hydrogen-bond acceptors (Lipinski definition) is 4. The van der Waals surface area contributed by atoms with Crippen molar-refractivity contribution in [2.75, 3.05) is 23.3 Å². The van der Waals surface area contributed by atoms with Crippen LogP contribution in [0, 0.1) is 5.92 Å². The van der Waals surface area contributed by atoms with Gasteiger partial charge in [0.1, 0.15) is 0 Å². The van der Waals surface area contributed by atoms with Crippen LogP contribution in [0.1, 0.15) is 49.9 Å². The highest BCUT2D eigenvalue weighted by Gasteiger charge is 2.21. The van der Waals surface area contributed by atoms with Crippen LogP contribution in [0.25, 0.3) is 0 Å². The van der Waals surface area contributed by atoms with Gasteiger partial charge < -0.3 is 21.7 Å². The molecule has 0 aromatic heterocycles. The molecule has 2 atom stereocenters. The Kier molecular flexibility index (Phi) is 8.19. The maximum Gasteiger partial charge on any atom is 0.250 e. The molecule has 2 amide bonds. The number of nitrogens with zero attached hydrogens (tertiary/aromatic N) is 1. The number of amides is 2. The topological polar surface area (TPSA) is 101 Å². The Morgan fingerprint density at radius 2 is 1.88 bits per heavy atom. The molecule has 1 aliphatic heterocycles. The van der Waals surface area contributed by atoms with Crippen molar-refractivity contribution in [3.63, 3.8) is 0 Å². The average molecular weight is 369 g/mol. The van der Waals surface area contributed by atoms with Crippen molar-refractivity contribution in [1.82, 2.24) is 0 Å². The maximum atomic E-state index is 12.3. The van der Waals surface area contributed by atoms with Crippen molar-refractivity contribution in [3.8, 4) is 0 Å². The second kappa shape index (κ2) is 9.63. The molecule has 5 N–H and O–H groups in total. The standard InChI is InChI=1S/C18H28N4O2.ClH/c1-3-12(2)16(19)18(24)21-13-7-8-14(17(20)23)15(11-13)22-9-5-4-6-10-22;/h7-8,11-12,16H,3-6,9-10,19H2,1-2H3,(H2,20,23)(H,21,24);1H. The lowest BCUT2D eigenvalue weighted by Gasteiger charge is -2.30. The molecule has 1 heterocycles. The molecule has 2 rings (SSSR count). The minimum atomic E-state index is -0.552. The van der Waals surface area contributed by atoms with Crippen LogP contribution in [0.2, 0.25) is 0 Å². The Hall–Kier alpha value is -1.79. The van der Waals surface area contributed by atoms with Crippen LogP contribution in [0.4, 0.5) is 11.4 Å². The molecule has 0 radical (unpaired) electrons. The summed E-state index contributed by atoms with van der Waals surface area (Å²) < 4.78 is 0. The fourth-order valence-electron chi connectivity index (χ4n) is 2.95. The molecule has 25 heavy (non-hydrogen) atoms. The summed E-state index contributed by atoms with van der Waals surface area (Å²) in [5.41, 5.74) is 13.4. The van der Waals surface area contributed by atoms with Crippen molar-refractivity contribution in [2.45, 2.75) is 45.6 Å². The summed E-state index contributed by atoms with van der Waals surface area (Å²) in [4.78, 5) is 26.2. The quantitative estimate of drug-likeness (QED) is 0.717. The zero-order valence-corrected chi connectivity index (χ0v) is 15.8. The summed E-state index contributed by atoms with van der Waals surface area (Å²) >= 11 is 0. The largest absolute Gasteiger partial charge is 0.371 e. The van der Waals surface area contributed by atoms with E-state index in [4.69, 9.17) is 11.5 Å². The number of benzene rings is 1. The Bertz CT molecular complexity index is 603. The van der Waals surface area contributed by atoms with Crippen LogP contribution in [-0.2, 0) is 4.79 Å². The van der Waals surface area contributed by atoms with Crippen LogP contribution < -0.4 is 21.7 Å². The molecule has 2 unspecified atom stereocenters.